The highest BCUT2D eigenvalue weighted by atomic mass is 16.3. The minimum Gasteiger partial charge on any atom is -0.394 e. The molecule has 0 bridgehead atoms. The minimum absolute atomic E-state index is 0.0277. The van der Waals surface area contributed by atoms with Gasteiger partial charge in [-0.1, -0.05) is 37.6 Å². The van der Waals surface area contributed by atoms with Crippen LogP contribution in [0.4, 0.5) is 0 Å². The highest BCUT2D eigenvalue weighted by molar-refractivity contribution is 5.27. The maximum Gasteiger partial charge on any atom is 0.0650 e. The number of hydrogen-bond donors (Lipinski definition) is 2. The quantitative estimate of drug-likeness (QED) is 0.766. The summed E-state index contributed by atoms with van der Waals surface area (Å²) < 4.78 is 0. The van der Waals surface area contributed by atoms with Crippen LogP contribution in [0.2, 0.25) is 0 Å². The van der Waals surface area contributed by atoms with Crippen LogP contribution in [0.25, 0.3) is 0 Å². The molecule has 0 amide bonds. The van der Waals surface area contributed by atoms with Crippen molar-refractivity contribution in [3.8, 4) is 0 Å². The number of benzene rings is 1. The van der Waals surface area contributed by atoms with Crippen molar-refractivity contribution >= 4 is 0 Å². The second-order valence-corrected chi connectivity index (χ2v) is 4.02. The van der Waals surface area contributed by atoms with E-state index in [0.29, 0.717) is 0 Å². The van der Waals surface area contributed by atoms with Crippen molar-refractivity contribution in [3.63, 3.8) is 0 Å². The summed E-state index contributed by atoms with van der Waals surface area (Å²) in [6.45, 7) is 3.97. The molecule has 1 aromatic rings. The molecule has 1 rings (SSSR count). The van der Waals surface area contributed by atoms with Crippen LogP contribution in [0, 0.1) is 0 Å². The lowest BCUT2D eigenvalue weighted by Gasteiger charge is -2.22. The van der Waals surface area contributed by atoms with E-state index in [0.717, 1.165) is 18.4 Å². The Bertz CT molecular complexity index is 277. The molecule has 0 aromatic heterocycles. The van der Waals surface area contributed by atoms with E-state index in [1.807, 2.05) is 19.1 Å². The van der Waals surface area contributed by atoms with Crippen molar-refractivity contribution in [3.05, 3.63) is 35.4 Å². The molecule has 14 heavy (non-hydrogen) atoms. The van der Waals surface area contributed by atoms with Gasteiger partial charge in [-0.05, 0) is 24.5 Å². The summed E-state index contributed by atoms with van der Waals surface area (Å²) in [7, 11) is 0. The maximum atomic E-state index is 9.10. The van der Waals surface area contributed by atoms with E-state index in [9.17, 15) is 0 Å². The first kappa shape index (κ1) is 11.2. The second kappa shape index (κ2) is 4.58. The smallest absolute Gasteiger partial charge is 0.0650 e. The van der Waals surface area contributed by atoms with Crippen LogP contribution in [-0.4, -0.2) is 11.7 Å². The van der Waals surface area contributed by atoms with Gasteiger partial charge < -0.3 is 10.8 Å². The summed E-state index contributed by atoms with van der Waals surface area (Å²) in [5, 5.41) is 9.10. The van der Waals surface area contributed by atoms with Crippen molar-refractivity contribution in [2.75, 3.05) is 6.61 Å². The lowest BCUT2D eigenvalue weighted by atomic mass is 9.93. The van der Waals surface area contributed by atoms with Gasteiger partial charge in [0.2, 0.25) is 0 Å². The zero-order valence-corrected chi connectivity index (χ0v) is 8.96. The second-order valence-electron chi connectivity index (χ2n) is 4.02. The van der Waals surface area contributed by atoms with Crippen LogP contribution in [0.15, 0.2) is 24.3 Å². The molecule has 2 nitrogen and oxygen atoms in total. The predicted molar refractivity (Wildman–Crippen MR) is 59.1 cm³/mol. The Morgan fingerprint density at radius 1 is 1.29 bits per heavy atom. The predicted octanol–water partition coefficient (Wildman–Crippen LogP) is 1.81. The average Bonchev–Trinajstić information content (AvgIpc) is 2.19. The van der Waals surface area contributed by atoms with Gasteiger partial charge in [0.1, 0.15) is 0 Å². The first-order valence-corrected chi connectivity index (χ1v) is 5.09. The standard InChI is InChI=1S/C12H19NO/c1-3-4-10-5-7-11(8-6-10)12(2,13)9-14/h5-8,14H,3-4,9,13H2,1-2H3/t12-/m1/s1. The molecule has 0 radical (unpaired) electrons. The number of rotatable bonds is 4. The molecule has 0 heterocycles. The van der Waals surface area contributed by atoms with Crippen molar-refractivity contribution in [1.82, 2.24) is 0 Å². The van der Waals surface area contributed by atoms with Gasteiger partial charge in [-0.3, -0.25) is 0 Å². The third-order valence-corrected chi connectivity index (χ3v) is 2.48. The summed E-state index contributed by atoms with van der Waals surface area (Å²) in [6.07, 6.45) is 2.25. The summed E-state index contributed by atoms with van der Waals surface area (Å²) in [5.74, 6) is 0. The van der Waals surface area contributed by atoms with E-state index in [2.05, 4.69) is 19.1 Å². The Kier molecular flexibility index (Phi) is 3.67. The Labute approximate surface area is 85.8 Å². The molecule has 2 heteroatoms. The number of aliphatic hydroxyl groups excluding tert-OH is 1. The van der Waals surface area contributed by atoms with Gasteiger partial charge in [0, 0.05) is 0 Å². The molecule has 0 aliphatic rings. The number of hydrogen-bond acceptors (Lipinski definition) is 2. The van der Waals surface area contributed by atoms with Gasteiger partial charge >= 0.3 is 0 Å². The monoisotopic (exact) mass is 193 g/mol. The van der Waals surface area contributed by atoms with Gasteiger partial charge in [0.05, 0.1) is 12.1 Å². The molecule has 1 atom stereocenters. The number of aryl methyl sites for hydroxylation is 1. The van der Waals surface area contributed by atoms with Crippen LogP contribution in [-0.2, 0) is 12.0 Å². The first-order valence-electron chi connectivity index (χ1n) is 5.09. The summed E-state index contributed by atoms with van der Waals surface area (Å²) in [4.78, 5) is 0. The van der Waals surface area contributed by atoms with E-state index in [-0.39, 0.29) is 6.61 Å². The van der Waals surface area contributed by atoms with Crippen molar-refractivity contribution in [2.45, 2.75) is 32.2 Å². The first-order chi connectivity index (χ1) is 6.60. The molecule has 78 valence electrons. The van der Waals surface area contributed by atoms with Crippen molar-refractivity contribution in [1.29, 1.82) is 0 Å². The average molecular weight is 193 g/mol. The van der Waals surface area contributed by atoms with E-state index in [4.69, 9.17) is 10.8 Å². The van der Waals surface area contributed by atoms with Crippen LogP contribution in [0.1, 0.15) is 31.4 Å². The molecule has 1 aromatic carbocycles. The molecule has 0 aliphatic heterocycles. The third-order valence-electron chi connectivity index (χ3n) is 2.48. The number of nitrogens with two attached hydrogens (primary N) is 1. The molecule has 0 spiro atoms. The highest BCUT2D eigenvalue weighted by Crippen LogP contribution is 2.17. The van der Waals surface area contributed by atoms with Crippen LogP contribution in [0.5, 0.6) is 0 Å². The molecule has 0 saturated heterocycles. The maximum absolute atomic E-state index is 9.10. The van der Waals surface area contributed by atoms with E-state index in [1.165, 1.54) is 5.56 Å². The minimum atomic E-state index is -0.620. The fourth-order valence-electron chi connectivity index (χ4n) is 1.43. The number of aliphatic hydroxyl groups is 1. The molecule has 3 N–H and O–H groups in total. The zero-order chi connectivity index (χ0) is 10.6. The van der Waals surface area contributed by atoms with Gasteiger partial charge in [-0.15, -0.1) is 0 Å². The van der Waals surface area contributed by atoms with Gasteiger partial charge in [0.15, 0.2) is 0 Å². The van der Waals surface area contributed by atoms with E-state index < -0.39 is 5.54 Å². The van der Waals surface area contributed by atoms with E-state index >= 15 is 0 Å². The SMILES string of the molecule is CCCc1ccc([C@](C)(N)CO)cc1. The van der Waals surface area contributed by atoms with E-state index in [1.54, 1.807) is 0 Å². The van der Waals surface area contributed by atoms with Gasteiger partial charge in [-0.25, -0.2) is 0 Å². The zero-order valence-electron chi connectivity index (χ0n) is 8.96. The molecular formula is C12H19NO. The van der Waals surface area contributed by atoms with Crippen LogP contribution < -0.4 is 5.73 Å². The van der Waals surface area contributed by atoms with Crippen molar-refractivity contribution in [2.24, 2.45) is 5.73 Å². The lowest BCUT2D eigenvalue weighted by molar-refractivity contribution is 0.210. The highest BCUT2D eigenvalue weighted by Gasteiger charge is 2.19. The molecule has 0 fully saturated rings. The Balaban J connectivity index is 2.82. The largest absolute Gasteiger partial charge is 0.394 e. The summed E-state index contributed by atoms with van der Waals surface area (Å²) in [5.41, 5.74) is 7.60. The van der Waals surface area contributed by atoms with Gasteiger partial charge in [0.25, 0.3) is 0 Å². The topological polar surface area (TPSA) is 46.2 Å². The molecular weight excluding hydrogens is 174 g/mol. The Morgan fingerprint density at radius 3 is 2.29 bits per heavy atom. The Hall–Kier alpha value is -0.860. The summed E-state index contributed by atoms with van der Waals surface area (Å²) >= 11 is 0. The third kappa shape index (κ3) is 2.56. The van der Waals surface area contributed by atoms with Crippen LogP contribution in [0.3, 0.4) is 0 Å². The van der Waals surface area contributed by atoms with Crippen molar-refractivity contribution < 1.29 is 5.11 Å². The summed E-state index contributed by atoms with van der Waals surface area (Å²) in [6, 6.07) is 8.17. The van der Waals surface area contributed by atoms with Crippen LogP contribution >= 0.6 is 0 Å². The fourth-order valence-corrected chi connectivity index (χ4v) is 1.43. The lowest BCUT2D eigenvalue weighted by Crippen LogP contribution is -2.36. The molecule has 0 aliphatic carbocycles. The molecule has 0 unspecified atom stereocenters. The Morgan fingerprint density at radius 2 is 1.86 bits per heavy atom. The van der Waals surface area contributed by atoms with Gasteiger partial charge in [-0.2, -0.15) is 0 Å². The normalized spacial score (nSPS) is 15.1. The fraction of sp³-hybridized carbons (Fsp3) is 0.500. The molecule has 0 saturated carbocycles.